The van der Waals surface area contributed by atoms with Crippen LogP contribution in [0.1, 0.15) is 34.4 Å². The Kier molecular flexibility index (Phi) is 6.90. The standard InChI is InChI=1S/C20H16N4OS.C7H7N5O/c1-3-17-18(15-7-5-4-6-8-15)19(25)24-16(13-26-20(24)22-17)10-9-14-11-21-23(2)12-14;8-6-5(7(9)13)12-4(11-6)2-1-3-10-12/h4-8,11-13H,3H2,1-2H3;1-3H,8H2,(H2,9,13). The molecule has 0 saturated heterocycles. The largest absolute Gasteiger partial charge is 0.382 e. The molecule has 1 aromatic carbocycles. The second kappa shape index (κ2) is 10.6. The van der Waals surface area contributed by atoms with Crippen molar-refractivity contribution in [1.29, 1.82) is 0 Å². The van der Waals surface area contributed by atoms with Gasteiger partial charge in [0.05, 0.1) is 23.0 Å². The van der Waals surface area contributed by atoms with Crippen molar-refractivity contribution in [3.63, 3.8) is 0 Å². The number of carbonyl (C=O) groups is 1. The van der Waals surface area contributed by atoms with Gasteiger partial charge in [0.25, 0.3) is 11.5 Å². The van der Waals surface area contributed by atoms with Crippen LogP contribution in [0.5, 0.6) is 0 Å². The minimum Gasteiger partial charge on any atom is -0.382 e. The van der Waals surface area contributed by atoms with Crippen LogP contribution in [0.2, 0.25) is 0 Å². The number of nitrogen functional groups attached to an aromatic ring is 1. The van der Waals surface area contributed by atoms with Crippen molar-refractivity contribution in [1.82, 2.24) is 33.8 Å². The molecular weight excluding hydrogens is 514 g/mol. The number of thiazole rings is 1. The fourth-order valence-electron chi connectivity index (χ4n) is 3.99. The summed E-state index contributed by atoms with van der Waals surface area (Å²) < 4.78 is 4.62. The van der Waals surface area contributed by atoms with Crippen molar-refractivity contribution in [2.75, 3.05) is 5.73 Å². The number of hydrogen-bond acceptors (Lipinski definition) is 8. The van der Waals surface area contributed by atoms with E-state index in [1.165, 1.54) is 22.0 Å². The van der Waals surface area contributed by atoms with Crippen LogP contribution in [0.15, 0.2) is 71.2 Å². The van der Waals surface area contributed by atoms with Crippen LogP contribution in [0.25, 0.3) is 21.7 Å². The third-order valence-electron chi connectivity index (χ3n) is 5.73. The first-order valence-corrected chi connectivity index (χ1v) is 12.7. The van der Waals surface area contributed by atoms with Gasteiger partial charge in [0, 0.05) is 24.8 Å². The van der Waals surface area contributed by atoms with Crippen LogP contribution < -0.4 is 17.0 Å². The zero-order valence-electron chi connectivity index (χ0n) is 21.1. The highest BCUT2D eigenvalue weighted by atomic mass is 32.1. The molecule has 1 amide bonds. The third kappa shape index (κ3) is 4.98. The monoisotopic (exact) mass is 537 g/mol. The van der Waals surface area contributed by atoms with Crippen molar-refractivity contribution < 1.29 is 4.79 Å². The first kappa shape index (κ1) is 25.4. The predicted octanol–water partition coefficient (Wildman–Crippen LogP) is 2.53. The Hall–Kier alpha value is -5.28. The Morgan fingerprint density at radius 1 is 1.08 bits per heavy atom. The Labute approximate surface area is 226 Å². The van der Waals surface area contributed by atoms with Crippen LogP contribution in [-0.4, -0.2) is 39.7 Å². The predicted molar refractivity (Wildman–Crippen MR) is 149 cm³/mol. The lowest BCUT2D eigenvalue weighted by Crippen LogP contribution is -2.19. The number of aryl methyl sites for hydroxylation is 2. The highest BCUT2D eigenvalue weighted by molar-refractivity contribution is 7.15. The normalized spacial score (nSPS) is 10.6. The van der Waals surface area contributed by atoms with Gasteiger partial charge in [-0.2, -0.15) is 10.2 Å². The Morgan fingerprint density at radius 2 is 1.87 bits per heavy atom. The van der Waals surface area contributed by atoms with Gasteiger partial charge in [0.15, 0.2) is 22.1 Å². The minimum atomic E-state index is -0.635. The highest BCUT2D eigenvalue weighted by Gasteiger charge is 2.16. The van der Waals surface area contributed by atoms with E-state index in [9.17, 15) is 9.59 Å². The number of imidazole rings is 1. The van der Waals surface area contributed by atoms with E-state index in [1.54, 1.807) is 27.4 Å². The first-order chi connectivity index (χ1) is 18.9. The number of rotatable bonds is 3. The van der Waals surface area contributed by atoms with Gasteiger partial charge >= 0.3 is 0 Å². The van der Waals surface area contributed by atoms with Crippen molar-refractivity contribution in [2.45, 2.75) is 13.3 Å². The number of hydrogen-bond donors (Lipinski definition) is 2. The number of nitrogens with zero attached hydrogens (tertiary/aromatic N) is 7. The molecule has 39 heavy (non-hydrogen) atoms. The zero-order valence-corrected chi connectivity index (χ0v) is 21.9. The molecule has 194 valence electrons. The van der Waals surface area contributed by atoms with Crippen molar-refractivity contribution in [3.05, 3.63) is 99.4 Å². The van der Waals surface area contributed by atoms with Gasteiger partial charge in [-0.25, -0.2) is 18.9 Å². The topological polar surface area (TPSA) is 151 Å². The second-order valence-electron chi connectivity index (χ2n) is 8.35. The average Bonchev–Trinajstić information content (AvgIpc) is 3.63. The first-order valence-electron chi connectivity index (χ1n) is 11.9. The lowest BCUT2D eigenvalue weighted by molar-refractivity contribution is 0.0994. The molecular formula is C27H23N9O2S. The molecule has 5 aromatic heterocycles. The van der Waals surface area contributed by atoms with Gasteiger partial charge in [0.2, 0.25) is 0 Å². The molecule has 0 atom stereocenters. The van der Waals surface area contributed by atoms with Crippen molar-refractivity contribution in [3.8, 4) is 23.0 Å². The molecule has 12 heteroatoms. The summed E-state index contributed by atoms with van der Waals surface area (Å²) in [4.78, 5) is 33.5. The lowest BCUT2D eigenvalue weighted by atomic mass is 10.0. The molecule has 0 fully saturated rings. The third-order valence-corrected chi connectivity index (χ3v) is 6.56. The van der Waals surface area contributed by atoms with Crippen molar-refractivity contribution in [2.24, 2.45) is 12.8 Å². The fraction of sp³-hybridized carbons (Fsp3) is 0.111. The van der Waals surface area contributed by atoms with Gasteiger partial charge in [-0.15, -0.1) is 11.3 Å². The van der Waals surface area contributed by atoms with Crippen LogP contribution >= 0.6 is 11.3 Å². The zero-order chi connectivity index (χ0) is 27.5. The number of aromatic nitrogens is 7. The Balaban J connectivity index is 0.000000198. The lowest BCUT2D eigenvalue weighted by Gasteiger charge is -2.07. The number of benzene rings is 1. The van der Waals surface area contributed by atoms with E-state index in [1.807, 2.05) is 55.9 Å². The molecule has 4 N–H and O–H groups in total. The van der Waals surface area contributed by atoms with E-state index in [-0.39, 0.29) is 17.1 Å². The number of amides is 1. The van der Waals surface area contributed by atoms with Crippen molar-refractivity contribution >= 4 is 33.7 Å². The summed E-state index contributed by atoms with van der Waals surface area (Å²) in [5, 5.41) is 9.88. The van der Waals surface area contributed by atoms with Crippen LogP contribution in [0.3, 0.4) is 0 Å². The Bertz CT molecular complexity index is 1940. The summed E-state index contributed by atoms with van der Waals surface area (Å²) in [5.74, 6) is 5.61. The molecule has 0 radical (unpaired) electrons. The van der Waals surface area contributed by atoms with E-state index < -0.39 is 5.91 Å². The van der Waals surface area contributed by atoms with Gasteiger partial charge in [-0.05, 0) is 30.0 Å². The number of primary amides is 1. The van der Waals surface area contributed by atoms with Gasteiger partial charge in [-0.3, -0.25) is 14.3 Å². The molecule has 0 aliphatic rings. The summed E-state index contributed by atoms with van der Waals surface area (Å²) in [6.07, 6.45) is 5.77. The highest BCUT2D eigenvalue weighted by Crippen LogP contribution is 2.22. The fourth-order valence-corrected chi connectivity index (χ4v) is 4.82. The molecule has 0 spiro atoms. The number of anilines is 1. The minimum absolute atomic E-state index is 0.0743. The summed E-state index contributed by atoms with van der Waals surface area (Å²) in [6.45, 7) is 2.02. The molecule has 6 aromatic rings. The summed E-state index contributed by atoms with van der Waals surface area (Å²) >= 11 is 1.43. The van der Waals surface area contributed by atoms with Crippen LogP contribution in [0.4, 0.5) is 5.82 Å². The van der Waals surface area contributed by atoms with Gasteiger partial charge in [-0.1, -0.05) is 43.2 Å². The SMILES string of the molecule is CCc1nc2scc(C#Cc3cnn(C)c3)n2c(=O)c1-c1ccccc1.NC(=O)c1c(N)nc2cccnn12. The van der Waals surface area contributed by atoms with Crippen LogP contribution in [-0.2, 0) is 13.5 Å². The maximum atomic E-state index is 13.3. The molecule has 0 bridgehead atoms. The maximum Gasteiger partial charge on any atom is 0.271 e. The maximum absolute atomic E-state index is 13.3. The molecule has 0 aliphatic carbocycles. The summed E-state index contributed by atoms with van der Waals surface area (Å²) in [5.41, 5.74) is 14.9. The van der Waals surface area contributed by atoms with E-state index in [2.05, 4.69) is 27.0 Å². The summed E-state index contributed by atoms with van der Waals surface area (Å²) in [6, 6.07) is 13.1. The molecule has 0 aliphatic heterocycles. The van der Waals surface area contributed by atoms with E-state index in [0.29, 0.717) is 28.3 Å². The number of nitrogens with two attached hydrogens (primary N) is 2. The summed E-state index contributed by atoms with van der Waals surface area (Å²) in [7, 11) is 1.85. The van der Waals surface area contributed by atoms with Gasteiger partial charge in [0.1, 0.15) is 5.69 Å². The van der Waals surface area contributed by atoms with E-state index >= 15 is 0 Å². The molecule has 11 nitrogen and oxygen atoms in total. The van der Waals surface area contributed by atoms with Gasteiger partial charge < -0.3 is 11.5 Å². The smallest absolute Gasteiger partial charge is 0.271 e. The number of carbonyl (C=O) groups excluding carboxylic acids is 1. The molecule has 5 heterocycles. The molecule has 0 unspecified atom stereocenters. The van der Waals surface area contributed by atoms with Crippen LogP contribution in [0, 0.1) is 11.8 Å². The van der Waals surface area contributed by atoms with E-state index in [4.69, 9.17) is 16.5 Å². The Morgan fingerprint density at radius 3 is 2.56 bits per heavy atom. The average molecular weight is 538 g/mol. The number of fused-ring (bicyclic) bond motifs is 2. The molecule has 0 saturated carbocycles. The molecule has 6 rings (SSSR count). The van der Waals surface area contributed by atoms with E-state index in [0.717, 1.165) is 16.8 Å². The quantitative estimate of drug-likeness (QED) is 0.329. The second-order valence-corrected chi connectivity index (χ2v) is 9.19.